The van der Waals surface area contributed by atoms with E-state index in [0.717, 1.165) is 12.8 Å². The van der Waals surface area contributed by atoms with Crippen LogP contribution in [-0.4, -0.2) is 37.8 Å². The van der Waals surface area contributed by atoms with E-state index < -0.39 is 5.97 Å². The molecule has 2 aromatic rings. The van der Waals surface area contributed by atoms with Crippen molar-refractivity contribution in [3.05, 3.63) is 24.0 Å². The van der Waals surface area contributed by atoms with Crippen molar-refractivity contribution in [1.82, 2.24) is 24.7 Å². The van der Waals surface area contributed by atoms with Crippen LogP contribution in [-0.2, 0) is 4.74 Å². The summed E-state index contributed by atoms with van der Waals surface area (Å²) in [6, 6.07) is 1.58. The average Bonchev–Trinajstić information content (AvgIpc) is 3.14. The smallest absolute Gasteiger partial charge is 0.377 e. The predicted octanol–water partition coefficient (Wildman–Crippen LogP) is 0.303. The molecule has 2 heterocycles. The minimum Gasteiger partial charge on any atom is -0.463 e. The van der Waals surface area contributed by atoms with Gasteiger partial charge in [0, 0.05) is 12.0 Å². The number of carbonyl (C=O) groups is 1. The summed E-state index contributed by atoms with van der Waals surface area (Å²) in [4.78, 5) is 23.7. The van der Waals surface area contributed by atoms with Crippen molar-refractivity contribution in [2.45, 2.75) is 18.8 Å². The molecule has 1 aliphatic carbocycles. The number of aromatic nitrogens is 5. The van der Waals surface area contributed by atoms with E-state index in [9.17, 15) is 4.79 Å². The van der Waals surface area contributed by atoms with Crippen molar-refractivity contribution in [2.24, 2.45) is 0 Å². The van der Waals surface area contributed by atoms with E-state index in [1.165, 1.54) is 18.1 Å². The van der Waals surface area contributed by atoms with Crippen LogP contribution in [0.5, 0.6) is 0 Å². The lowest BCUT2D eigenvalue weighted by Crippen LogP contribution is -2.08. The zero-order valence-electron chi connectivity index (χ0n) is 10.3. The van der Waals surface area contributed by atoms with E-state index in [1.54, 1.807) is 6.07 Å². The molecule has 8 heteroatoms. The Morgan fingerprint density at radius 2 is 2.26 bits per heavy atom. The number of anilines is 1. The second-order valence-electron chi connectivity index (χ2n) is 4.29. The van der Waals surface area contributed by atoms with Gasteiger partial charge in [-0.1, -0.05) is 0 Å². The summed E-state index contributed by atoms with van der Waals surface area (Å²) in [5.41, 5.74) is 5.75. The van der Waals surface area contributed by atoms with Crippen molar-refractivity contribution in [2.75, 3.05) is 12.8 Å². The highest BCUT2D eigenvalue weighted by atomic mass is 16.5. The van der Waals surface area contributed by atoms with Crippen LogP contribution < -0.4 is 5.73 Å². The quantitative estimate of drug-likeness (QED) is 0.790. The van der Waals surface area contributed by atoms with Gasteiger partial charge in [-0.3, -0.25) is 0 Å². The number of hydrogen-bond donors (Lipinski definition) is 1. The molecule has 1 aliphatic rings. The van der Waals surface area contributed by atoms with Gasteiger partial charge >= 0.3 is 5.97 Å². The molecular formula is C11H12N6O2. The standard InChI is InChI=1S/C11H12N6O2/c1-19-11(18)10-13-5-17(16-10)8-4-7(12)14-9(15-8)6-2-3-6/h4-6H,2-3H2,1H3,(H2,12,14,15). The molecule has 0 spiro atoms. The highest BCUT2D eigenvalue weighted by molar-refractivity contribution is 5.84. The molecule has 8 nitrogen and oxygen atoms in total. The number of nitrogens with zero attached hydrogens (tertiary/aromatic N) is 5. The van der Waals surface area contributed by atoms with Gasteiger partial charge in [-0.15, -0.1) is 5.10 Å². The first-order valence-electron chi connectivity index (χ1n) is 5.82. The van der Waals surface area contributed by atoms with Crippen molar-refractivity contribution in [3.63, 3.8) is 0 Å². The van der Waals surface area contributed by atoms with Gasteiger partial charge in [0.2, 0.25) is 0 Å². The molecule has 0 atom stereocenters. The number of hydrogen-bond acceptors (Lipinski definition) is 7. The topological polar surface area (TPSA) is 109 Å². The molecule has 98 valence electrons. The number of carbonyl (C=O) groups excluding carboxylic acids is 1. The molecule has 19 heavy (non-hydrogen) atoms. The number of ether oxygens (including phenoxy) is 1. The van der Waals surface area contributed by atoms with Crippen LogP contribution in [0.1, 0.15) is 35.2 Å². The van der Waals surface area contributed by atoms with E-state index in [0.29, 0.717) is 23.4 Å². The molecule has 0 saturated heterocycles. The molecule has 0 unspecified atom stereocenters. The maximum atomic E-state index is 11.3. The summed E-state index contributed by atoms with van der Waals surface area (Å²) >= 11 is 0. The van der Waals surface area contributed by atoms with Gasteiger partial charge in [0.05, 0.1) is 7.11 Å². The number of rotatable bonds is 3. The van der Waals surface area contributed by atoms with E-state index in [2.05, 4.69) is 24.8 Å². The summed E-state index contributed by atoms with van der Waals surface area (Å²) in [6.45, 7) is 0. The van der Waals surface area contributed by atoms with Crippen LogP contribution in [0.25, 0.3) is 5.82 Å². The number of methoxy groups -OCH3 is 1. The summed E-state index contributed by atoms with van der Waals surface area (Å²) in [7, 11) is 1.27. The van der Waals surface area contributed by atoms with Crippen LogP contribution in [0, 0.1) is 0 Å². The van der Waals surface area contributed by atoms with Gasteiger partial charge < -0.3 is 10.5 Å². The molecular weight excluding hydrogens is 248 g/mol. The van der Waals surface area contributed by atoms with Crippen LogP contribution in [0.15, 0.2) is 12.4 Å². The fraction of sp³-hybridized carbons (Fsp3) is 0.364. The SMILES string of the molecule is COC(=O)c1ncn(-c2cc(N)nc(C3CC3)n2)n1. The molecule has 0 radical (unpaired) electrons. The van der Waals surface area contributed by atoms with Crippen molar-refractivity contribution >= 4 is 11.8 Å². The Morgan fingerprint density at radius 3 is 2.95 bits per heavy atom. The third-order valence-corrected chi connectivity index (χ3v) is 2.79. The van der Waals surface area contributed by atoms with E-state index in [4.69, 9.17) is 5.73 Å². The second kappa shape index (κ2) is 4.30. The first-order chi connectivity index (χ1) is 9.17. The summed E-state index contributed by atoms with van der Waals surface area (Å²) in [5, 5.41) is 4.00. The van der Waals surface area contributed by atoms with Gasteiger partial charge in [-0.2, -0.15) is 0 Å². The maximum Gasteiger partial charge on any atom is 0.377 e. The monoisotopic (exact) mass is 260 g/mol. The van der Waals surface area contributed by atoms with Gasteiger partial charge in [0.1, 0.15) is 18.0 Å². The Balaban J connectivity index is 1.97. The molecule has 0 aliphatic heterocycles. The second-order valence-corrected chi connectivity index (χ2v) is 4.29. The van der Waals surface area contributed by atoms with Crippen LogP contribution in [0.3, 0.4) is 0 Å². The van der Waals surface area contributed by atoms with Gasteiger partial charge in [0.25, 0.3) is 5.82 Å². The third kappa shape index (κ3) is 2.24. The molecule has 2 aromatic heterocycles. The average molecular weight is 260 g/mol. The minimum atomic E-state index is -0.594. The van der Waals surface area contributed by atoms with Gasteiger partial charge in [-0.05, 0) is 12.8 Å². The van der Waals surface area contributed by atoms with E-state index >= 15 is 0 Å². The van der Waals surface area contributed by atoms with E-state index in [-0.39, 0.29) is 5.82 Å². The van der Waals surface area contributed by atoms with E-state index in [1.807, 2.05) is 0 Å². The zero-order valence-corrected chi connectivity index (χ0v) is 10.3. The molecule has 1 saturated carbocycles. The number of nitrogen functional groups attached to an aromatic ring is 1. The Bertz CT molecular complexity index is 634. The zero-order chi connectivity index (χ0) is 13.4. The Labute approximate surface area is 108 Å². The lowest BCUT2D eigenvalue weighted by molar-refractivity contribution is 0.0587. The Kier molecular flexibility index (Phi) is 2.62. The number of esters is 1. The highest BCUT2D eigenvalue weighted by Crippen LogP contribution is 2.38. The lowest BCUT2D eigenvalue weighted by atomic mass is 10.4. The lowest BCUT2D eigenvalue weighted by Gasteiger charge is -2.03. The van der Waals surface area contributed by atoms with Crippen LogP contribution in [0.2, 0.25) is 0 Å². The summed E-state index contributed by atoms with van der Waals surface area (Å²) in [5.74, 6) is 1.35. The highest BCUT2D eigenvalue weighted by Gasteiger charge is 2.27. The van der Waals surface area contributed by atoms with Crippen LogP contribution >= 0.6 is 0 Å². The van der Waals surface area contributed by atoms with Crippen molar-refractivity contribution in [3.8, 4) is 5.82 Å². The first kappa shape index (κ1) is 11.6. The summed E-state index contributed by atoms with van der Waals surface area (Å²) < 4.78 is 5.93. The van der Waals surface area contributed by atoms with Gasteiger partial charge in [0.15, 0.2) is 5.82 Å². The van der Waals surface area contributed by atoms with Crippen LogP contribution in [0.4, 0.5) is 5.82 Å². The first-order valence-corrected chi connectivity index (χ1v) is 5.82. The maximum absolute atomic E-state index is 11.3. The Hall–Kier alpha value is -2.51. The predicted molar refractivity (Wildman–Crippen MR) is 64.7 cm³/mol. The third-order valence-electron chi connectivity index (χ3n) is 2.79. The van der Waals surface area contributed by atoms with Crippen molar-refractivity contribution < 1.29 is 9.53 Å². The van der Waals surface area contributed by atoms with Crippen molar-refractivity contribution in [1.29, 1.82) is 0 Å². The number of nitrogens with two attached hydrogens (primary N) is 1. The molecule has 0 bridgehead atoms. The normalized spacial score (nSPS) is 14.4. The molecule has 1 fully saturated rings. The molecule has 3 rings (SSSR count). The fourth-order valence-electron chi connectivity index (χ4n) is 1.67. The molecule has 0 amide bonds. The minimum absolute atomic E-state index is 0.0207. The fourth-order valence-corrected chi connectivity index (χ4v) is 1.67. The largest absolute Gasteiger partial charge is 0.463 e. The molecule has 0 aromatic carbocycles. The van der Waals surface area contributed by atoms with Gasteiger partial charge in [-0.25, -0.2) is 24.4 Å². The summed E-state index contributed by atoms with van der Waals surface area (Å²) in [6.07, 6.45) is 3.55. The molecule has 2 N–H and O–H groups in total. The Morgan fingerprint density at radius 1 is 1.47 bits per heavy atom.